The van der Waals surface area contributed by atoms with Crippen LogP contribution in [-0.2, 0) is 13.9 Å². The van der Waals surface area contributed by atoms with Crippen LogP contribution in [0.1, 0.15) is 26.2 Å². The molecule has 0 fully saturated rings. The number of aliphatic carboxylic acids is 1. The van der Waals surface area contributed by atoms with Crippen LogP contribution >= 0.6 is 15.2 Å². The fraction of sp³-hybridized carbons (Fsp3) is 0.875. The molecule has 11 nitrogen and oxygen atoms in total. The third kappa shape index (κ3) is 8.62. The van der Waals surface area contributed by atoms with E-state index < -0.39 is 32.3 Å². The minimum absolute atomic E-state index is 0.383. The molecule has 0 radical (unpaired) electrons. The van der Waals surface area contributed by atoms with Crippen molar-refractivity contribution in [2.45, 2.75) is 37.3 Å². The van der Waals surface area contributed by atoms with Gasteiger partial charge in [0.15, 0.2) is 0 Å². The Bertz CT molecular complexity index is 392. The van der Waals surface area contributed by atoms with Gasteiger partial charge >= 0.3 is 21.2 Å². The molecule has 0 spiro atoms. The van der Waals surface area contributed by atoms with E-state index in [9.17, 15) is 13.9 Å². The topological polar surface area (TPSA) is 225 Å². The number of hydrogen-bond donors (Lipinski definition) is 8. The summed E-state index contributed by atoms with van der Waals surface area (Å²) < 4.78 is 20.5. The van der Waals surface area contributed by atoms with E-state index in [1.165, 1.54) is 0 Å². The highest BCUT2D eigenvalue weighted by Gasteiger charge is 2.55. The summed E-state index contributed by atoms with van der Waals surface area (Å²) in [6.07, 6.45) is 2.16. The average molecular weight is 352 g/mol. The van der Waals surface area contributed by atoms with Crippen molar-refractivity contribution in [1.82, 2.24) is 0 Å². The van der Waals surface area contributed by atoms with Gasteiger partial charge in [-0.3, -0.25) is 13.9 Å². The van der Waals surface area contributed by atoms with Gasteiger partial charge in [0.1, 0.15) is 6.04 Å². The third-order valence-electron chi connectivity index (χ3n) is 2.39. The lowest BCUT2D eigenvalue weighted by molar-refractivity contribution is -0.138. The second kappa shape index (κ2) is 8.94. The molecular formula is C8H22N2O9P2. The van der Waals surface area contributed by atoms with Crippen molar-refractivity contribution in [3.05, 3.63) is 0 Å². The molecule has 0 aliphatic carbocycles. The smallest absolute Gasteiger partial charge is 0.369 e. The van der Waals surface area contributed by atoms with Gasteiger partial charge in [-0.05, 0) is 26.3 Å². The molecule has 0 saturated heterocycles. The van der Waals surface area contributed by atoms with E-state index in [0.29, 0.717) is 19.9 Å². The standard InChI is InChI=1S/C6H14N2O2.C2H8O7P2/c7-4-2-1-3-5(8)6(9)10;1-2(3,10(4,5)6)11(7,8)9/h5H,1-4,7-8H2,(H,9,10);3H,1H3,(H2,4,5,6)(H2,7,8,9). The quantitative estimate of drug-likeness (QED) is 0.195. The molecule has 0 aromatic heterocycles. The number of hydrogen-bond acceptors (Lipinski definition) is 6. The van der Waals surface area contributed by atoms with Crippen LogP contribution in [0.4, 0.5) is 0 Å². The average Bonchev–Trinajstić information content (AvgIpc) is 2.26. The number of carboxylic acid groups (broad SMARTS) is 1. The maximum atomic E-state index is 10.3. The maximum Gasteiger partial charge on any atom is 0.369 e. The fourth-order valence-corrected chi connectivity index (χ4v) is 2.16. The monoisotopic (exact) mass is 352 g/mol. The van der Waals surface area contributed by atoms with Crippen LogP contribution in [-0.4, -0.2) is 53.4 Å². The number of rotatable bonds is 7. The van der Waals surface area contributed by atoms with Crippen molar-refractivity contribution in [3.63, 3.8) is 0 Å². The van der Waals surface area contributed by atoms with Gasteiger partial charge in [-0.1, -0.05) is 6.42 Å². The van der Waals surface area contributed by atoms with Crippen molar-refractivity contribution in [2.24, 2.45) is 11.5 Å². The molecule has 21 heavy (non-hydrogen) atoms. The lowest BCUT2D eigenvalue weighted by Gasteiger charge is -2.24. The Kier molecular flexibility index (Phi) is 9.76. The molecular weight excluding hydrogens is 330 g/mol. The van der Waals surface area contributed by atoms with E-state index in [1.54, 1.807) is 0 Å². The Morgan fingerprint density at radius 3 is 1.71 bits per heavy atom. The normalized spacial score (nSPS) is 14.1. The molecule has 0 aliphatic heterocycles. The predicted molar refractivity (Wildman–Crippen MR) is 73.2 cm³/mol. The molecule has 0 bridgehead atoms. The number of unbranched alkanes of at least 4 members (excludes halogenated alkanes) is 1. The third-order valence-corrected chi connectivity index (χ3v) is 6.16. The molecule has 0 aromatic rings. The van der Waals surface area contributed by atoms with E-state index >= 15 is 0 Å². The summed E-state index contributed by atoms with van der Waals surface area (Å²) in [5.74, 6) is -0.933. The van der Waals surface area contributed by atoms with Gasteiger partial charge in [-0.25, -0.2) is 0 Å². The lowest BCUT2D eigenvalue weighted by atomic mass is 10.1. The highest BCUT2D eigenvalue weighted by molar-refractivity contribution is 7.71. The Balaban J connectivity index is 0. The van der Waals surface area contributed by atoms with Crippen LogP contribution in [0.5, 0.6) is 0 Å². The van der Waals surface area contributed by atoms with Crippen LogP contribution in [0.15, 0.2) is 0 Å². The SMILES string of the molecule is CC(O)(P(=O)(O)O)P(=O)(O)O.NCCCCC(N)C(=O)O. The van der Waals surface area contributed by atoms with Gasteiger partial charge in [0, 0.05) is 0 Å². The molecule has 13 heteroatoms. The molecule has 128 valence electrons. The van der Waals surface area contributed by atoms with Crippen molar-refractivity contribution in [2.75, 3.05) is 6.54 Å². The van der Waals surface area contributed by atoms with Crippen LogP contribution < -0.4 is 11.5 Å². The second-order valence-corrected chi connectivity index (χ2v) is 8.56. The lowest BCUT2D eigenvalue weighted by Crippen LogP contribution is -2.29. The van der Waals surface area contributed by atoms with Gasteiger partial charge in [0.05, 0.1) is 0 Å². The van der Waals surface area contributed by atoms with E-state index in [2.05, 4.69) is 0 Å². The summed E-state index contributed by atoms with van der Waals surface area (Å²) in [4.78, 5) is 43.1. The van der Waals surface area contributed by atoms with Crippen molar-refractivity contribution < 1.29 is 43.7 Å². The summed E-state index contributed by atoms with van der Waals surface area (Å²) in [5, 5.41) is 13.7. The minimum atomic E-state index is -5.20. The minimum Gasteiger partial charge on any atom is -0.480 e. The fourth-order valence-electron chi connectivity index (χ4n) is 0.802. The Hall–Kier alpha value is -0.350. The molecule has 0 saturated carbocycles. The number of nitrogens with two attached hydrogens (primary N) is 2. The van der Waals surface area contributed by atoms with Crippen LogP contribution in [0.25, 0.3) is 0 Å². The van der Waals surface area contributed by atoms with Gasteiger partial charge in [0.25, 0.3) is 5.08 Å². The summed E-state index contributed by atoms with van der Waals surface area (Å²) in [6, 6.07) is -0.716. The summed E-state index contributed by atoms with van der Waals surface area (Å²) >= 11 is 0. The van der Waals surface area contributed by atoms with Crippen molar-refractivity contribution >= 4 is 21.2 Å². The predicted octanol–water partition coefficient (Wildman–Crippen LogP) is -1.46. The largest absolute Gasteiger partial charge is 0.480 e. The molecule has 1 unspecified atom stereocenters. The van der Waals surface area contributed by atoms with Crippen LogP contribution in [0.2, 0.25) is 0 Å². The Labute approximate surface area is 121 Å². The van der Waals surface area contributed by atoms with Gasteiger partial charge in [-0.2, -0.15) is 0 Å². The Morgan fingerprint density at radius 2 is 1.52 bits per heavy atom. The summed E-state index contributed by atoms with van der Waals surface area (Å²) in [5.41, 5.74) is 10.4. The van der Waals surface area contributed by atoms with E-state index in [4.69, 9.17) is 41.3 Å². The highest BCUT2D eigenvalue weighted by Crippen LogP contribution is 2.66. The molecule has 0 amide bonds. The van der Waals surface area contributed by atoms with Crippen molar-refractivity contribution in [3.8, 4) is 0 Å². The molecule has 0 aliphatic rings. The number of carboxylic acids is 1. The first kappa shape index (κ1) is 22.9. The number of aliphatic hydroxyl groups is 1. The van der Waals surface area contributed by atoms with Gasteiger partial charge in [-0.15, -0.1) is 0 Å². The second-order valence-electron chi connectivity index (χ2n) is 4.29. The number of carbonyl (C=O) groups is 1. The molecule has 0 aromatic carbocycles. The first-order chi connectivity index (χ1) is 9.18. The molecule has 1 atom stereocenters. The summed E-state index contributed by atoms with van der Waals surface area (Å²) in [6.45, 7) is 0.987. The Morgan fingerprint density at radius 1 is 1.14 bits per heavy atom. The zero-order chi connectivity index (χ0) is 17.5. The van der Waals surface area contributed by atoms with E-state index in [-0.39, 0.29) is 0 Å². The zero-order valence-corrected chi connectivity index (χ0v) is 13.2. The van der Waals surface area contributed by atoms with Gasteiger partial charge in [0.2, 0.25) is 0 Å². The van der Waals surface area contributed by atoms with E-state index in [1.807, 2.05) is 0 Å². The highest BCUT2D eigenvalue weighted by atomic mass is 31.2. The molecule has 10 N–H and O–H groups in total. The first-order valence-electron chi connectivity index (χ1n) is 5.70. The zero-order valence-electron chi connectivity index (χ0n) is 11.4. The van der Waals surface area contributed by atoms with Crippen LogP contribution in [0.3, 0.4) is 0 Å². The van der Waals surface area contributed by atoms with E-state index in [0.717, 1.165) is 12.8 Å². The van der Waals surface area contributed by atoms with Gasteiger partial charge < -0.3 is 41.3 Å². The molecule has 0 heterocycles. The maximum absolute atomic E-state index is 10.3. The first-order valence-corrected chi connectivity index (χ1v) is 8.93. The van der Waals surface area contributed by atoms with Crippen LogP contribution in [0, 0.1) is 0 Å². The van der Waals surface area contributed by atoms with Crippen molar-refractivity contribution in [1.29, 1.82) is 0 Å². The molecule has 0 rings (SSSR count). The summed E-state index contributed by atoms with van der Waals surface area (Å²) in [7, 11) is -10.4.